The molecule has 0 spiro atoms. The van der Waals surface area contributed by atoms with E-state index in [9.17, 15) is 0 Å². The summed E-state index contributed by atoms with van der Waals surface area (Å²) in [5.41, 5.74) is 3.97. The Balaban J connectivity index is 2.16. The maximum atomic E-state index is 5.59. The second kappa shape index (κ2) is 4.06. The fourth-order valence-electron chi connectivity index (χ4n) is 2.33. The predicted molar refractivity (Wildman–Crippen MR) is 53.0 cm³/mol. The van der Waals surface area contributed by atoms with Crippen molar-refractivity contribution in [1.29, 1.82) is 0 Å². The summed E-state index contributed by atoms with van der Waals surface area (Å²) in [5, 5.41) is 7.81. The van der Waals surface area contributed by atoms with Crippen LogP contribution in [-0.4, -0.2) is 15.0 Å². The molecule has 0 saturated heterocycles. The van der Waals surface area contributed by atoms with Crippen molar-refractivity contribution in [3.8, 4) is 0 Å². The smallest absolute Gasteiger partial charge is 0.0769 e. The van der Waals surface area contributed by atoms with Crippen LogP contribution in [0.1, 0.15) is 37.4 Å². The Hall–Kier alpha value is -0.940. The highest BCUT2D eigenvalue weighted by Crippen LogP contribution is 2.34. The van der Waals surface area contributed by atoms with Gasteiger partial charge in [0.05, 0.1) is 17.9 Å². The summed E-state index contributed by atoms with van der Waals surface area (Å²) in [5.74, 6) is 6.23. The van der Waals surface area contributed by atoms with Crippen LogP contribution in [0.5, 0.6) is 0 Å². The zero-order chi connectivity index (χ0) is 9.97. The molecule has 1 aliphatic carbocycles. The summed E-state index contributed by atoms with van der Waals surface area (Å²) < 4.78 is 1.79. The van der Waals surface area contributed by atoms with Crippen molar-refractivity contribution in [2.75, 3.05) is 0 Å². The van der Waals surface area contributed by atoms with Crippen molar-refractivity contribution in [3.05, 3.63) is 11.9 Å². The molecule has 1 aromatic heterocycles. The van der Waals surface area contributed by atoms with Crippen LogP contribution < -0.4 is 11.3 Å². The third kappa shape index (κ3) is 1.65. The lowest BCUT2D eigenvalue weighted by Crippen LogP contribution is -2.34. The quantitative estimate of drug-likeness (QED) is 0.544. The first kappa shape index (κ1) is 9.61. The fraction of sp³-hybridized carbons (Fsp3) is 0.778. The fourth-order valence-corrected chi connectivity index (χ4v) is 2.33. The van der Waals surface area contributed by atoms with Crippen LogP contribution >= 0.6 is 0 Å². The van der Waals surface area contributed by atoms with Crippen molar-refractivity contribution in [2.24, 2.45) is 18.8 Å². The average Bonchev–Trinajstić information content (AvgIpc) is 2.80. The van der Waals surface area contributed by atoms with Gasteiger partial charge >= 0.3 is 0 Å². The largest absolute Gasteiger partial charge is 0.271 e. The molecule has 0 aliphatic heterocycles. The molecule has 1 atom stereocenters. The van der Waals surface area contributed by atoms with E-state index in [2.05, 4.69) is 15.7 Å². The molecule has 5 nitrogen and oxygen atoms in total. The lowest BCUT2D eigenvalue weighted by molar-refractivity contribution is 0.355. The molecule has 1 aromatic rings. The van der Waals surface area contributed by atoms with E-state index < -0.39 is 0 Å². The zero-order valence-electron chi connectivity index (χ0n) is 8.48. The molecule has 1 heterocycles. The van der Waals surface area contributed by atoms with Gasteiger partial charge in [-0.15, -0.1) is 5.10 Å². The Kier molecular flexibility index (Phi) is 2.79. The molecule has 0 amide bonds. The number of hydrogen-bond acceptors (Lipinski definition) is 4. The van der Waals surface area contributed by atoms with Gasteiger partial charge in [0.15, 0.2) is 0 Å². The van der Waals surface area contributed by atoms with Crippen LogP contribution in [0.4, 0.5) is 0 Å². The summed E-state index contributed by atoms with van der Waals surface area (Å²) in [6.07, 6.45) is 6.92. The minimum Gasteiger partial charge on any atom is -0.271 e. The number of nitrogens with zero attached hydrogens (tertiary/aromatic N) is 3. The van der Waals surface area contributed by atoms with E-state index in [0.717, 1.165) is 5.69 Å². The number of aromatic nitrogens is 3. The molecule has 5 heteroatoms. The highest BCUT2D eigenvalue weighted by atomic mass is 15.4. The molecule has 3 N–H and O–H groups in total. The Morgan fingerprint density at radius 1 is 1.57 bits per heavy atom. The van der Waals surface area contributed by atoms with Gasteiger partial charge < -0.3 is 0 Å². The second-order valence-electron chi connectivity index (χ2n) is 3.97. The van der Waals surface area contributed by atoms with Gasteiger partial charge in [0.2, 0.25) is 0 Å². The summed E-state index contributed by atoms with van der Waals surface area (Å²) in [4.78, 5) is 0. The van der Waals surface area contributed by atoms with E-state index in [4.69, 9.17) is 5.84 Å². The maximum Gasteiger partial charge on any atom is 0.0769 e. The normalized spacial score (nSPS) is 20.1. The standard InChI is InChI=1S/C9H17N5/c1-14-8(6-11-13-14)9(12-10)7-4-2-3-5-7/h6-7,9,12H,2-5,10H2,1H3. The van der Waals surface area contributed by atoms with Gasteiger partial charge in [-0.3, -0.25) is 16.0 Å². The van der Waals surface area contributed by atoms with Crippen molar-refractivity contribution < 1.29 is 0 Å². The van der Waals surface area contributed by atoms with Crippen molar-refractivity contribution >= 4 is 0 Å². The Morgan fingerprint density at radius 2 is 2.29 bits per heavy atom. The molecular formula is C9H17N5. The highest BCUT2D eigenvalue weighted by Gasteiger charge is 2.27. The molecule has 14 heavy (non-hydrogen) atoms. The zero-order valence-corrected chi connectivity index (χ0v) is 8.48. The van der Waals surface area contributed by atoms with Crippen molar-refractivity contribution in [1.82, 2.24) is 20.4 Å². The number of nitrogens with two attached hydrogens (primary N) is 1. The van der Waals surface area contributed by atoms with Crippen molar-refractivity contribution in [2.45, 2.75) is 31.7 Å². The van der Waals surface area contributed by atoms with Gasteiger partial charge in [-0.1, -0.05) is 18.1 Å². The molecule has 1 aliphatic rings. The van der Waals surface area contributed by atoms with Gasteiger partial charge in [-0.05, 0) is 18.8 Å². The molecule has 2 rings (SSSR count). The summed E-state index contributed by atoms with van der Waals surface area (Å²) >= 11 is 0. The number of nitrogens with one attached hydrogen (secondary N) is 1. The van der Waals surface area contributed by atoms with Crippen LogP contribution in [0, 0.1) is 5.92 Å². The van der Waals surface area contributed by atoms with Gasteiger partial charge in [-0.25, -0.2) is 0 Å². The highest BCUT2D eigenvalue weighted by molar-refractivity contribution is 5.04. The third-order valence-corrected chi connectivity index (χ3v) is 3.12. The van der Waals surface area contributed by atoms with E-state index in [0.29, 0.717) is 5.92 Å². The number of hydrogen-bond donors (Lipinski definition) is 2. The Labute approximate surface area is 83.6 Å². The first-order chi connectivity index (χ1) is 6.83. The molecule has 0 radical (unpaired) electrons. The molecule has 1 unspecified atom stereocenters. The minimum atomic E-state index is 0.206. The summed E-state index contributed by atoms with van der Waals surface area (Å²) in [6.45, 7) is 0. The van der Waals surface area contributed by atoms with Crippen LogP contribution in [0.3, 0.4) is 0 Å². The van der Waals surface area contributed by atoms with Gasteiger partial charge in [-0.2, -0.15) is 0 Å². The van der Waals surface area contributed by atoms with Gasteiger partial charge in [0, 0.05) is 7.05 Å². The van der Waals surface area contributed by atoms with Gasteiger partial charge in [0.1, 0.15) is 0 Å². The number of hydrazine groups is 1. The maximum absolute atomic E-state index is 5.59. The molecule has 1 fully saturated rings. The minimum absolute atomic E-state index is 0.206. The van der Waals surface area contributed by atoms with E-state index in [1.165, 1.54) is 25.7 Å². The van der Waals surface area contributed by atoms with Gasteiger partial charge in [0.25, 0.3) is 0 Å². The third-order valence-electron chi connectivity index (χ3n) is 3.12. The second-order valence-corrected chi connectivity index (χ2v) is 3.97. The van der Waals surface area contributed by atoms with E-state index in [1.54, 1.807) is 10.9 Å². The summed E-state index contributed by atoms with van der Waals surface area (Å²) in [6, 6.07) is 0.206. The lowest BCUT2D eigenvalue weighted by atomic mass is 9.96. The number of aryl methyl sites for hydroxylation is 1. The first-order valence-electron chi connectivity index (χ1n) is 5.13. The van der Waals surface area contributed by atoms with Crippen molar-refractivity contribution in [3.63, 3.8) is 0 Å². The SMILES string of the molecule is Cn1nncc1C(NN)C1CCCC1. The molecule has 78 valence electrons. The van der Waals surface area contributed by atoms with E-state index in [-0.39, 0.29) is 6.04 Å². The molecule has 1 saturated carbocycles. The Bertz CT molecular complexity index is 289. The van der Waals surface area contributed by atoms with Crippen LogP contribution in [0.15, 0.2) is 6.20 Å². The van der Waals surface area contributed by atoms with Crippen LogP contribution in [0.25, 0.3) is 0 Å². The topological polar surface area (TPSA) is 68.8 Å². The van der Waals surface area contributed by atoms with Crippen LogP contribution in [0.2, 0.25) is 0 Å². The van der Waals surface area contributed by atoms with E-state index in [1.807, 2.05) is 7.05 Å². The molecule has 0 bridgehead atoms. The Morgan fingerprint density at radius 3 is 2.79 bits per heavy atom. The summed E-state index contributed by atoms with van der Waals surface area (Å²) in [7, 11) is 1.90. The average molecular weight is 195 g/mol. The monoisotopic (exact) mass is 195 g/mol. The predicted octanol–water partition coefficient (Wildman–Crippen LogP) is 0.510. The van der Waals surface area contributed by atoms with Crippen LogP contribution in [-0.2, 0) is 7.05 Å². The number of rotatable bonds is 3. The first-order valence-corrected chi connectivity index (χ1v) is 5.13. The lowest BCUT2D eigenvalue weighted by Gasteiger charge is -2.21. The molecule has 0 aromatic carbocycles. The molecular weight excluding hydrogens is 178 g/mol. The van der Waals surface area contributed by atoms with E-state index >= 15 is 0 Å².